The maximum absolute atomic E-state index is 12.9. The lowest BCUT2D eigenvalue weighted by Crippen LogP contribution is -2.65. The number of carbonyl (C=O) groups excluding carboxylic acids is 1. The first-order valence-electron chi connectivity index (χ1n) is 9.42. The van der Waals surface area contributed by atoms with Crippen LogP contribution < -0.4 is 10.1 Å². The van der Waals surface area contributed by atoms with Gasteiger partial charge in [-0.15, -0.1) is 11.3 Å². The summed E-state index contributed by atoms with van der Waals surface area (Å²) >= 11 is 1.57. The van der Waals surface area contributed by atoms with E-state index >= 15 is 0 Å². The summed E-state index contributed by atoms with van der Waals surface area (Å²) in [6.07, 6.45) is 4.96. The molecular formula is C20H24N2O2S. The smallest absolute Gasteiger partial charge is 0.261 e. The summed E-state index contributed by atoms with van der Waals surface area (Å²) in [6, 6.07) is 8.42. The minimum atomic E-state index is 0.101. The van der Waals surface area contributed by atoms with Crippen LogP contribution >= 0.6 is 11.3 Å². The molecule has 0 radical (unpaired) electrons. The van der Waals surface area contributed by atoms with Gasteiger partial charge in [-0.25, -0.2) is 0 Å². The van der Waals surface area contributed by atoms with Crippen LogP contribution in [-0.2, 0) is 0 Å². The van der Waals surface area contributed by atoms with Crippen LogP contribution in [0.1, 0.15) is 42.3 Å². The van der Waals surface area contributed by atoms with Crippen LogP contribution in [0.2, 0.25) is 0 Å². The third-order valence-electron chi connectivity index (χ3n) is 6.29. The number of carbonyl (C=O) groups is 1. The number of rotatable bonds is 4. The van der Waals surface area contributed by atoms with Crippen molar-refractivity contribution in [3.63, 3.8) is 0 Å². The van der Waals surface area contributed by atoms with Gasteiger partial charge in [-0.05, 0) is 81.3 Å². The van der Waals surface area contributed by atoms with Crippen LogP contribution in [0.4, 0.5) is 0 Å². The van der Waals surface area contributed by atoms with E-state index in [1.54, 1.807) is 11.3 Å². The molecule has 6 rings (SSSR count). The Morgan fingerprint density at radius 2 is 2.12 bits per heavy atom. The summed E-state index contributed by atoms with van der Waals surface area (Å²) in [5.74, 6) is 1.64. The van der Waals surface area contributed by atoms with Crippen molar-refractivity contribution in [2.75, 3.05) is 19.7 Å². The maximum Gasteiger partial charge on any atom is 0.261 e. The predicted octanol–water partition coefficient (Wildman–Crippen LogP) is 3.66. The van der Waals surface area contributed by atoms with E-state index in [1.165, 1.54) is 38.8 Å². The zero-order chi connectivity index (χ0) is 17.0. The maximum atomic E-state index is 12.9. The van der Waals surface area contributed by atoms with Gasteiger partial charge in [-0.3, -0.25) is 9.69 Å². The van der Waals surface area contributed by atoms with Gasteiger partial charge in [0.25, 0.3) is 5.91 Å². The van der Waals surface area contributed by atoms with E-state index < -0.39 is 0 Å². The number of hydrogen-bond acceptors (Lipinski definition) is 4. The van der Waals surface area contributed by atoms with E-state index in [4.69, 9.17) is 4.74 Å². The Bertz CT molecular complexity index is 818. The number of piperidine rings is 3. The molecule has 3 saturated heterocycles. The second-order valence-electron chi connectivity index (χ2n) is 7.62. The second-order valence-corrected chi connectivity index (χ2v) is 8.71. The summed E-state index contributed by atoms with van der Waals surface area (Å²) in [5.41, 5.74) is 0.287. The lowest BCUT2D eigenvalue weighted by Gasteiger charge is -2.52. The Morgan fingerprint density at radius 3 is 2.84 bits per heavy atom. The molecule has 1 aromatic heterocycles. The molecule has 3 aliphatic heterocycles. The SMILES string of the molecule is CCOc1ccc2cc(C(=O)N[C@H]3C4CCN(CC4)C34CC4)sc2c1. The van der Waals surface area contributed by atoms with Gasteiger partial charge < -0.3 is 10.1 Å². The Hall–Kier alpha value is -1.59. The van der Waals surface area contributed by atoms with Crippen molar-refractivity contribution in [1.82, 2.24) is 10.2 Å². The van der Waals surface area contributed by atoms with E-state index in [2.05, 4.69) is 10.2 Å². The minimum absolute atomic E-state index is 0.101. The number of thiophene rings is 1. The highest BCUT2D eigenvalue weighted by Gasteiger charge is 2.60. The highest BCUT2D eigenvalue weighted by molar-refractivity contribution is 7.20. The van der Waals surface area contributed by atoms with Crippen molar-refractivity contribution in [3.8, 4) is 5.75 Å². The average Bonchev–Trinajstić information content (AvgIpc) is 3.29. The fourth-order valence-corrected chi connectivity index (χ4v) is 5.91. The van der Waals surface area contributed by atoms with Gasteiger partial charge in [0.05, 0.1) is 17.5 Å². The minimum Gasteiger partial charge on any atom is -0.494 e. The Balaban J connectivity index is 1.38. The van der Waals surface area contributed by atoms with Gasteiger partial charge in [-0.2, -0.15) is 0 Å². The van der Waals surface area contributed by atoms with Crippen molar-refractivity contribution in [2.45, 2.75) is 44.2 Å². The topological polar surface area (TPSA) is 41.6 Å². The number of hydrogen-bond donors (Lipinski definition) is 1. The van der Waals surface area contributed by atoms with E-state index in [0.29, 0.717) is 18.6 Å². The lowest BCUT2D eigenvalue weighted by molar-refractivity contribution is -0.00138. The Kier molecular flexibility index (Phi) is 3.57. The number of nitrogens with one attached hydrogen (secondary N) is 1. The normalized spacial score (nSPS) is 29.1. The molecule has 4 nitrogen and oxygen atoms in total. The molecule has 1 aliphatic carbocycles. The van der Waals surface area contributed by atoms with E-state index in [0.717, 1.165) is 20.7 Å². The molecule has 2 aromatic rings. The molecule has 1 atom stereocenters. The largest absolute Gasteiger partial charge is 0.494 e. The van der Waals surface area contributed by atoms with Gasteiger partial charge in [-0.1, -0.05) is 0 Å². The lowest BCUT2D eigenvalue weighted by atomic mass is 9.77. The molecule has 1 amide bonds. The molecule has 4 heterocycles. The van der Waals surface area contributed by atoms with Crippen molar-refractivity contribution >= 4 is 27.3 Å². The average molecular weight is 356 g/mol. The predicted molar refractivity (Wildman–Crippen MR) is 101 cm³/mol. The number of ether oxygens (including phenoxy) is 1. The third-order valence-corrected chi connectivity index (χ3v) is 7.39. The van der Waals surface area contributed by atoms with Crippen molar-refractivity contribution in [1.29, 1.82) is 0 Å². The van der Waals surface area contributed by atoms with E-state index in [1.807, 2.05) is 31.2 Å². The Labute approximate surface area is 152 Å². The first kappa shape index (κ1) is 15.6. The zero-order valence-electron chi connectivity index (χ0n) is 14.6. The molecule has 4 fully saturated rings. The number of amides is 1. The van der Waals surface area contributed by atoms with Gasteiger partial charge >= 0.3 is 0 Å². The summed E-state index contributed by atoms with van der Waals surface area (Å²) < 4.78 is 6.69. The molecule has 4 aliphatic rings. The number of benzene rings is 1. The van der Waals surface area contributed by atoms with Crippen LogP contribution in [0, 0.1) is 5.92 Å². The van der Waals surface area contributed by atoms with Crippen LogP contribution in [0.25, 0.3) is 10.1 Å². The molecule has 0 unspecified atom stereocenters. The van der Waals surface area contributed by atoms with Crippen molar-refractivity contribution in [2.24, 2.45) is 5.92 Å². The van der Waals surface area contributed by atoms with E-state index in [9.17, 15) is 4.79 Å². The summed E-state index contributed by atoms with van der Waals surface area (Å²) in [4.78, 5) is 16.4. The first-order valence-corrected chi connectivity index (χ1v) is 10.2. The van der Waals surface area contributed by atoms with Crippen LogP contribution in [0.3, 0.4) is 0 Å². The second kappa shape index (κ2) is 5.71. The monoisotopic (exact) mass is 356 g/mol. The van der Waals surface area contributed by atoms with E-state index in [-0.39, 0.29) is 11.4 Å². The molecule has 1 saturated carbocycles. The number of nitrogens with zero attached hydrogens (tertiary/aromatic N) is 1. The van der Waals surface area contributed by atoms with Gasteiger partial charge in [0.2, 0.25) is 0 Å². The quantitative estimate of drug-likeness (QED) is 0.909. The molecule has 5 heteroatoms. The Morgan fingerprint density at radius 1 is 1.32 bits per heavy atom. The molecule has 2 bridgehead atoms. The number of fused-ring (bicyclic) bond motifs is 3. The summed E-state index contributed by atoms with van der Waals surface area (Å²) in [6.45, 7) is 5.09. The highest BCUT2D eigenvalue weighted by atomic mass is 32.1. The van der Waals surface area contributed by atoms with Crippen molar-refractivity contribution < 1.29 is 9.53 Å². The zero-order valence-corrected chi connectivity index (χ0v) is 15.4. The molecule has 1 spiro atoms. The molecule has 1 aromatic carbocycles. The first-order chi connectivity index (χ1) is 12.2. The fraction of sp³-hybridized carbons (Fsp3) is 0.550. The standard InChI is InChI=1S/C20H24N2O2S/c1-2-24-15-4-3-14-11-17(25-16(14)12-15)19(23)21-18-13-5-9-22(10-6-13)20(18)7-8-20/h3-4,11-13,18H,2,5-10H2,1H3,(H,21,23)/t18-/m0/s1. The summed E-state index contributed by atoms with van der Waals surface area (Å²) in [7, 11) is 0. The van der Waals surface area contributed by atoms with Crippen LogP contribution in [0.15, 0.2) is 24.3 Å². The van der Waals surface area contributed by atoms with Crippen LogP contribution in [0.5, 0.6) is 5.75 Å². The fourth-order valence-electron chi connectivity index (χ4n) is 4.91. The molecular weight excluding hydrogens is 332 g/mol. The molecule has 1 N–H and O–H groups in total. The highest BCUT2D eigenvalue weighted by Crippen LogP contribution is 2.53. The summed E-state index contributed by atoms with van der Waals surface area (Å²) in [5, 5.41) is 4.54. The van der Waals surface area contributed by atoms with Crippen molar-refractivity contribution in [3.05, 3.63) is 29.1 Å². The van der Waals surface area contributed by atoms with Gasteiger partial charge in [0.15, 0.2) is 0 Å². The van der Waals surface area contributed by atoms with Crippen LogP contribution in [-0.4, -0.2) is 42.1 Å². The third kappa shape index (κ3) is 2.48. The van der Waals surface area contributed by atoms with Gasteiger partial charge in [0, 0.05) is 10.2 Å². The molecule has 25 heavy (non-hydrogen) atoms. The van der Waals surface area contributed by atoms with Gasteiger partial charge in [0.1, 0.15) is 5.75 Å². The molecule has 132 valence electrons.